The Labute approximate surface area is 87.8 Å². The highest BCUT2D eigenvalue weighted by Crippen LogP contribution is 2.32. The second-order valence-corrected chi connectivity index (χ2v) is 2.98. The van der Waals surface area contributed by atoms with Crippen molar-refractivity contribution in [2.45, 2.75) is 0 Å². The zero-order chi connectivity index (χ0) is 10.9. The highest BCUT2D eigenvalue weighted by atomic mass is 35.5. The minimum absolute atomic E-state index is 0.234. The average molecular weight is 236 g/mol. The molecule has 0 spiro atoms. The van der Waals surface area contributed by atoms with E-state index in [1.54, 1.807) is 0 Å². The molecule has 0 aliphatic rings. The van der Waals surface area contributed by atoms with Gasteiger partial charge in [-0.2, -0.15) is 0 Å². The third-order valence-electron chi connectivity index (χ3n) is 1.39. The molecule has 0 aliphatic carbocycles. The number of pyridine rings is 1. The van der Waals surface area contributed by atoms with Crippen LogP contribution >= 0.6 is 23.2 Å². The van der Waals surface area contributed by atoms with Gasteiger partial charge >= 0.3 is 5.69 Å². The Balaban J connectivity index is 3.49. The van der Waals surface area contributed by atoms with Crippen molar-refractivity contribution in [3.05, 3.63) is 32.1 Å². The van der Waals surface area contributed by atoms with E-state index in [4.69, 9.17) is 28.9 Å². The van der Waals surface area contributed by atoms with Gasteiger partial charge < -0.3 is 5.73 Å². The monoisotopic (exact) mass is 235 g/mol. The second kappa shape index (κ2) is 3.77. The summed E-state index contributed by atoms with van der Waals surface area (Å²) in [7, 11) is 0. The summed E-state index contributed by atoms with van der Waals surface area (Å²) in [5, 5.41) is 9.68. The lowest BCUT2D eigenvalue weighted by Gasteiger charge is -2.00. The molecular formula is C6H3Cl2N3O3. The van der Waals surface area contributed by atoms with Crippen molar-refractivity contribution in [3.63, 3.8) is 0 Å². The predicted molar refractivity (Wildman–Crippen MR) is 49.4 cm³/mol. The van der Waals surface area contributed by atoms with E-state index < -0.39 is 21.5 Å². The fourth-order valence-electron chi connectivity index (χ4n) is 0.784. The quantitative estimate of drug-likeness (QED) is 0.476. The van der Waals surface area contributed by atoms with Crippen LogP contribution in [0.3, 0.4) is 0 Å². The minimum atomic E-state index is -0.901. The smallest absolute Gasteiger partial charge is 0.325 e. The van der Waals surface area contributed by atoms with Crippen molar-refractivity contribution >= 4 is 34.8 Å². The molecule has 1 aromatic rings. The Hall–Kier alpha value is -1.40. The van der Waals surface area contributed by atoms with E-state index >= 15 is 0 Å². The molecule has 8 heteroatoms. The van der Waals surface area contributed by atoms with E-state index in [1.807, 2.05) is 0 Å². The van der Waals surface area contributed by atoms with Crippen LogP contribution in [-0.4, -0.2) is 15.8 Å². The molecule has 0 fully saturated rings. The lowest BCUT2D eigenvalue weighted by molar-refractivity contribution is -0.384. The molecule has 1 heterocycles. The van der Waals surface area contributed by atoms with Crippen molar-refractivity contribution < 1.29 is 9.72 Å². The molecule has 1 aromatic heterocycles. The highest BCUT2D eigenvalue weighted by molar-refractivity contribution is 6.39. The number of nitrogens with zero attached hydrogens (tertiary/aromatic N) is 2. The maximum Gasteiger partial charge on any atom is 0.325 e. The number of rotatable bonds is 2. The third-order valence-corrected chi connectivity index (χ3v) is 2.05. The van der Waals surface area contributed by atoms with Gasteiger partial charge in [-0.05, 0) is 0 Å². The first-order valence-corrected chi connectivity index (χ1v) is 3.99. The van der Waals surface area contributed by atoms with E-state index in [0.717, 1.165) is 6.20 Å². The van der Waals surface area contributed by atoms with Gasteiger partial charge in [0.05, 0.1) is 10.5 Å². The third kappa shape index (κ3) is 1.75. The van der Waals surface area contributed by atoms with Crippen LogP contribution in [-0.2, 0) is 0 Å². The normalized spacial score (nSPS) is 9.86. The summed E-state index contributed by atoms with van der Waals surface area (Å²) in [5.41, 5.74) is 4.05. The fourth-order valence-corrected chi connectivity index (χ4v) is 1.35. The van der Waals surface area contributed by atoms with Gasteiger partial charge in [-0.1, -0.05) is 23.2 Å². The van der Waals surface area contributed by atoms with Gasteiger partial charge in [-0.25, -0.2) is 4.98 Å². The van der Waals surface area contributed by atoms with Crippen LogP contribution in [0.15, 0.2) is 6.20 Å². The Morgan fingerprint density at radius 2 is 2.14 bits per heavy atom. The summed E-state index contributed by atoms with van der Waals surface area (Å²) in [6.45, 7) is 0. The number of hydrogen-bond donors (Lipinski definition) is 1. The van der Waals surface area contributed by atoms with E-state index in [-0.39, 0.29) is 10.7 Å². The summed E-state index contributed by atoms with van der Waals surface area (Å²) < 4.78 is 0. The van der Waals surface area contributed by atoms with Gasteiger partial charge in [0.1, 0.15) is 5.02 Å². The van der Waals surface area contributed by atoms with Crippen molar-refractivity contribution in [1.29, 1.82) is 0 Å². The standard InChI is InChI=1S/C6H3Cl2N3O3/c7-3-2(6(9)12)1-10-5(8)4(3)11(13)14/h1H,(H2,9,12). The van der Waals surface area contributed by atoms with Gasteiger partial charge in [0, 0.05) is 6.20 Å². The van der Waals surface area contributed by atoms with E-state index in [1.165, 1.54) is 0 Å². The summed E-state index contributed by atoms with van der Waals surface area (Å²) in [6, 6.07) is 0. The molecule has 74 valence electrons. The van der Waals surface area contributed by atoms with E-state index in [9.17, 15) is 14.9 Å². The van der Waals surface area contributed by atoms with Crippen LogP contribution in [0.2, 0.25) is 10.2 Å². The van der Waals surface area contributed by atoms with Crippen LogP contribution in [0.5, 0.6) is 0 Å². The van der Waals surface area contributed by atoms with Gasteiger partial charge in [0.2, 0.25) is 5.15 Å². The molecule has 0 unspecified atom stereocenters. The predicted octanol–water partition coefficient (Wildman–Crippen LogP) is 1.40. The Kier molecular flexibility index (Phi) is 2.87. The number of aromatic nitrogens is 1. The summed E-state index contributed by atoms with van der Waals surface area (Å²) in [4.78, 5) is 23.8. The van der Waals surface area contributed by atoms with Crippen molar-refractivity contribution in [2.24, 2.45) is 5.73 Å². The topological polar surface area (TPSA) is 99.1 Å². The molecule has 0 bridgehead atoms. The van der Waals surface area contributed by atoms with Crippen LogP contribution in [0.25, 0.3) is 0 Å². The molecular weight excluding hydrogens is 233 g/mol. The molecule has 14 heavy (non-hydrogen) atoms. The highest BCUT2D eigenvalue weighted by Gasteiger charge is 2.24. The van der Waals surface area contributed by atoms with E-state index in [0.29, 0.717) is 0 Å². The van der Waals surface area contributed by atoms with Crippen molar-refractivity contribution in [3.8, 4) is 0 Å². The molecule has 1 rings (SSSR count). The Morgan fingerprint density at radius 1 is 1.57 bits per heavy atom. The number of carbonyl (C=O) groups is 1. The number of nitro groups is 1. The molecule has 0 aliphatic heterocycles. The number of primary amides is 1. The first-order chi connectivity index (χ1) is 6.45. The molecule has 0 saturated carbocycles. The van der Waals surface area contributed by atoms with Gasteiger partial charge in [-0.15, -0.1) is 0 Å². The van der Waals surface area contributed by atoms with Gasteiger partial charge in [0.15, 0.2) is 0 Å². The zero-order valence-corrected chi connectivity index (χ0v) is 8.04. The Morgan fingerprint density at radius 3 is 2.57 bits per heavy atom. The Bertz CT molecular complexity index is 421. The SMILES string of the molecule is NC(=O)c1cnc(Cl)c([N+](=O)[O-])c1Cl. The largest absolute Gasteiger partial charge is 0.366 e. The van der Waals surface area contributed by atoms with Crippen LogP contribution in [0, 0.1) is 10.1 Å². The first kappa shape index (κ1) is 10.7. The van der Waals surface area contributed by atoms with Crippen LogP contribution < -0.4 is 5.73 Å². The zero-order valence-electron chi connectivity index (χ0n) is 6.53. The maximum atomic E-state index is 10.7. The molecule has 6 nitrogen and oxygen atoms in total. The molecule has 0 atom stereocenters. The molecule has 0 aromatic carbocycles. The van der Waals surface area contributed by atoms with Crippen molar-refractivity contribution in [2.75, 3.05) is 0 Å². The number of carbonyl (C=O) groups excluding carboxylic acids is 1. The second-order valence-electron chi connectivity index (χ2n) is 2.25. The minimum Gasteiger partial charge on any atom is -0.366 e. The number of hydrogen-bond acceptors (Lipinski definition) is 4. The molecule has 2 N–H and O–H groups in total. The number of amides is 1. The lowest BCUT2D eigenvalue weighted by Crippen LogP contribution is -2.13. The van der Waals surface area contributed by atoms with E-state index in [2.05, 4.69) is 4.98 Å². The molecule has 0 radical (unpaired) electrons. The lowest BCUT2D eigenvalue weighted by atomic mass is 10.2. The molecule has 0 saturated heterocycles. The van der Waals surface area contributed by atoms with Gasteiger partial charge in [-0.3, -0.25) is 14.9 Å². The van der Waals surface area contributed by atoms with Crippen LogP contribution in [0.1, 0.15) is 10.4 Å². The number of halogens is 2. The maximum absolute atomic E-state index is 10.7. The van der Waals surface area contributed by atoms with Crippen molar-refractivity contribution in [1.82, 2.24) is 4.98 Å². The number of nitrogens with two attached hydrogens (primary N) is 1. The molecule has 1 amide bonds. The summed E-state index contributed by atoms with van der Waals surface area (Å²) in [6.07, 6.45) is 0.986. The van der Waals surface area contributed by atoms with Gasteiger partial charge in [0.25, 0.3) is 5.91 Å². The average Bonchev–Trinajstić information content (AvgIpc) is 2.02. The first-order valence-electron chi connectivity index (χ1n) is 3.23. The fraction of sp³-hybridized carbons (Fsp3) is 0. The summed E-state index contributed by atoms with van der Waals surface area (Å²) >= 11 is 10.9. The summed E-state index contributed by atoms with van der Waals surface area (Å²) in [5.74, 6) is -0.901. The van der Waals surface area contributed by atoms with Crippen LogP contribution in [0.4, 0.5) is 5.69 Å².